The van der Waals surface area contributed by atoms with Crippen molar-refractivity contribution in [2.75, 3.05) is 0 Å². The van der Waals surface area contributed by atoms with E-state index in [2.05, 4.69) is 5.73 Å². The minimum atomic E-state index is -4.05. The molecule has 0 saturated heterocycles. The molecule has 1 amide bonds. The monoisotopic (exact) mass is 409 g/mol. The van der Waals surface area contributed by atoms with Crippen molar-refractivity contribution in [2.45, 2.75) is 50.8 Å². The van der Waals surface area contributed by atoms with Gasteiger partial charge in [0.1, 0.15) is 5.70 Å². The molecule has 2 aromatic carbocycles. The maximum Gasteiger partial charge on any atom is 0.271 e. The number of allylic oxidation sites excluding steroid dienone is 1. The van der Waals surface area contributed by atoms with Crippen LogP contribution in [0.3, 0.4) is 0 Å². The molecular formula is C24H27NO3S. The lowest BCUT2D eigenvalue weighted by atomic mass is 9.89. The normalized spacial score (nSPS) is 14.7. The van der Waals surface area contributed by atoms with Crippen molar-refractivity contribution in [3.63, 3.8) is 0 Å². The zero-order chi connectivity index (χ0) is 20.9. The first-order valence-electron chi connectivity index (χ1n) is 10.0. The van der Waals surface area contributed by atoms with Crippen molar-refractivity contribution in [3.8, 4) is 0 Å². The zero-order valence-electron chi connectivity index (χ0n) is 17.0. The summed E-state index contributed by atoms with van der Waals surface area (Å²) in [4.78, 5) is 12.7. The minimum absolute atomic E-state index is 0.0891. The Labute approximate surface area is 173 Å². The van der Waals surface area contributed by atoms with Gasteiger partial charge in [0, 0.05) is 12.5 Å². The van der Waals surface area contributed by atoms with Gasteiger partial charge in [0.2, 0.25) is 5.91 Å². The van der Waals surface area contributed by atoms with E-state index in [9.17, 15) is 13.2 Å². The molecule has 0 N–H and O–H groups in total. The van der Waals surface area contributed by atoms with Crippen LogP contribution in [-0.2, 0) is 14.8 Å². The van der Waals surface area contributed by atoms with Gasteiger partial charge in [0.15, 0.2) is 0 Å². The molecule has 1 aliphatic rings. The molecule has 0 bridgehead atoms. The number of amides is 1. The zero-order valence-corrected chi connectivity index (χ0v) is 17.8. The summed E-state index contributed by atoms with van der Waals surface area (Å²) in [6.45, 7) is 3.17. The van der Waals surface area contributed by atoms with E-state index in [1.807, 2.05) is 31.2 Å². The number of rotatable bonds is 5. The second kappa shape index (κ2) is 9.25. The Bertz CT molecular complexity index is 1010. The SMILES string of the molecule is CC(=O)N(C(=C=CC1CCCCC1)c1ccccc1)S(=O)(=O)c1ccc(C)cc1. The molecule has 1 fully saturated rings. The van der Waals surface area contributed by atoms with Gasteiger partial charge in [0.25, 0.3) is 10.0 Å². The molecule has 0 aromatic heterocycles. The number of carbonyl (C=O) groups excluding carboxylic acids is 1. The average molecular weight is 410 g/mol. The number of hydrogen-bond donors (Lipinski definition) is 0. The first-order valence-corrected chi connectivity index (χ1v) is 11.5. The fraction of sp³-hybridized carbons (Fsp3) is 0.333. The predicted octanol–water partition coefficient (Wildman–Crippen LogP) is 5.31. The van der Waals surface area contributed by atoms with Crippen molar-refractivity contribution in [1.29, 1.82) is 0 Å². The highest BCUT2D eigenvalue weighted by Crippen LogP contribution is 2.29. The Morgan fingerprint density at radius 3 is 2.21 bits per heavy atom. The van der Waals surface area contributed by atoms with Gasteiger partial charge in [-0.3, -0.25) is 4.79 Å². The Hall–Kier alpha value is -2.62. The Balaban J connectivity index is 2.13. The van der Waals surface area contributed by atoms with Gasteiger partial charge < -0.3 is 0 Å². The number of hydrogen-bond acceptors (Lipinski definition) is 3. The molecule has 0 heterocycles. The summed E-state index contributed by atoms with van der Waals surface area (Å²) in [6, 6.07) is 15.7. The average Bonchev–Trinajstić information content (AvgIpc) is 2.72. The van der Waals surface area contributed by atoms with Crippen LogP contribution in [0.1, 0.15) is 50.2 Å². The third-order valence-electron chi connectivity index (χ3n) is 5.20. The Morgan fingerprint density at radius 2 is 1.62 bits per heavy atom. The molecule has 3 rings (SSSR count). The molecule has 0 unspecified atom stereocenters. The van der Waals surface area contributed by atoms with E-state index in [4.69, 9.17) is 0 Å². The lowest BCUT2D eigenvalue weighted by Crippen LogP contribution is -2.33. The van der Waals surface area contributed by atoms with Crippen LogP contribution in [0, 0.1) is 12.8 Å². The fourth-order valence-corrected chi connectivity index (χ4v) is 5.04. The third-order valence-corrected chi connectivity index (χ3v) is 6.99. The van der Waals surface area contributed by atoms with Gasteiger partial charge in [-0.2, -0.15) is 4.31 Å². The molecule has 1 saturated carbocycles. The number of sulfonamides is 1. The van der Waals surface area contributed by atoms with E-state index in [1.54, 1.807) is 24.3 Å². The lowest BCUT2D eigenvalue weighted by molar-refractivity contribution is -0.122. The Kier molecular flexibility index (Phi) is 6.73. The third kappa shape index (κ3) is 5.06. The molecule has 0 radical (unpaired) electrons. The van der Waals surface area contributed by atoms with Crippen LogP contribution in [0.4, 0.5) is 0 Å². The van der Waals surface area contributed by atoms with E-state index in [0.29, 0.717) is 11.5 Å². The topological polar surface area (TPSA) is 54.5 Å². The summed E-state index contributed by atoms with van der Waals surface area (Å²) in [6.07, 6.45) is 7.66. The highest BCUT2D eigenvalue weighted by Gasteiger charge is 2.31. The number of benzene rings is 2. The molecule has 29 heavy (non-hydrogen) atoms. The van der Waals surface area contributed by atoms with Crippen LogP contribution in [-0.4, -0.2) is 18.6 Å². The predicted molar refractivity (Wildman–Crippen MR) is 115 cm³/mol. The van der Waals surface area contributed by atoms with Gasteiger partial charge in [-0.15, -0.1) is 0 Å². The summed E-state index contributed by atoms with van der Waals surface area (Å²) in [5, 5.41) is 0. The van der Waals surface area contributed by atoms with E-state index in [0.717, 1.165) is 22.7 Å². The highest BCUT2D eigenvalue weighted by molar-refractivity contribution is 7.90. The molecule has 5 heteroatoms. The Morgan fingerprint density at radius 1 is 1.00 bits per heavy atom. The molecule has 152 valence electrons. The van der Waals surface area contributed by atoms with Crippen molar-refractivity contribution < 1.29 is 13.2 Å². The molecular weight excluding hydrogens is 382 g/mol. The maximum absolute atomic E-state index is 13.4. The van der Waals surface area contributed by atoms with Crippen LogP contribution < -0.4 is 0 Å². The van der Waals surface area contributed by atoms with Crippen LogP contribution in [0.15, 0.2) is 71.3 Å². The number of aryl methyl sites for hydroxylation is 1. The smallest absolute Gasteiger partial charge is 0.271 e. The summed E-state index contributed by atoms with van der Waals surface area (Å²) >= 11 is 0. The summed E-state index contributed by atoms with van der Waals surface area (Å²) in [5.41, 5.74) is 5.06. The number of nitrogens with zero attached hydrogens (tertiary/aromatic N) is 1. The van der Waals surface area contributed by atoms with Gasteiger partial charge in [-0.05, 0) is 43.9 Å². The van der Waals surface area contributed by atoms with E-state index in [1.165, 1.54) is 38.3 Å². The van der Waals surface area contributed by atoms with Crippen molar-refractivity contribution in [2.24, 2.45) is 5.92 Å². The molecule has 4 nitrogen and oxygen atoms in total. The fourth-order valence-electron chi connectivity index (χ4n) is 3.62. The molecule has 0 spiro atoms. The van der Waals surface area contributed by atoms with E-state index >= 15 is 0 Å². The van der Waals surface area contributed by atoms with Crippen molar-refractivity contribution >= 4 is 21.6 Å². The van der Waals surface area contributed by atoms with Gasteiger partial charge >= 0.3 is 0 Å². The molecule has 2 aromatic rings. The standard InChI is InChI=1S/C24H27NO3S/c1-19-13-16-23(17-14-19)29(27,28)25(20(2)26)24(22-11-7-4-8-12-22)18-15-21-9-5-3-6-10-21/h4,7-8,11-17,21H,3,5-6,9-10H2,1-2H3. The lowest BCUT2D eigenvalue weighted by Gasteiger charge is -2.23. The minimum Gasteiger partial charge on any atom is -0.274 e. The highest BCUT2D eigenvalue weighted by atomic mass is 32.2. The molecule has 1 aliphatic carbocycles. The second-order valence-corrected chi connectivity index (χ2v) is 9.31. The maximum atomic E-state index is 13.4. The largest absolute Gasteiger partial charge is 0.274 e. The molecule has 0 atom stereocenters. The van der Waals surface area contributed by atoms with Gasteiger partial charge in [-0.25, -0.2) is 8.42 Å². The van der Waals surface area contributed by atoms with E-state index in [-0.39, 0.29) is 10.6 Å². The van der Waals surface area contributed by atoms with Crippen molar-refractivity contribution in [3.05, 3.63) is 77.5 Å². The first kappa shape index (κ1) is 21.1. The van der Waals surface area contributed by atoms with Crippen LogP contribution in [0.25, 0.3) is 5.70 Å². The van der Waals surface area contributed by atoms with Crippen LogP contribution >= 0.6 is 0 Å². The summed E-state index contributed by atoms with van der Waals surface area (Å²) in [7, 11) is -4.05. The van der Waals surface area contributed by atoms with Crippen LogP contribution in [0.5, 0.6) is 0 Å². The molecule has 0 aliphatic heterocycles. The van der Waals surface area contributed by atoms with Gasteiger partial charge in [-0.1, -0.05) is 73.0 Å². The van der Waals surface area contributed by atoms with E-state index < -0.39 is 15.9 Å². The summed E-state index contributed by atoms with van der Waals surface area (Å²) < 4.78 is 27.6. The summed E-state index contributed by atoms with van der Waals surface area (Å²) in [5.74, 6) is -0.202. The van der Waals surface area contributed by atoms with Crippen molar-refractivity contribution in [1.82, 2.24) is 4.31 Å². The van der Waals surface area contributed by atoms with Crippen LogP contribution in [0.2, 0.25) is 0 Å². The second-order valence-electron chi connectivity index (χ2n) is 7.53. The first-order chi connectivity index (χ1) is 13.9. The quantitative estimate of drug-likeness (QED) is 0.629. The van der Waals surface area contributed by atoms with Gasteiger partial charge in [0.05, 0.1) is 4.90 Å². The number of carbonyl (C=O) groups is 1.